The number of benzene rings is 3. The van der Waals surface area contributed by atoms with E-state index in [-0.39, 0.29) is 11.8 Å². The molecule has 4 aromatic rings. The van der Waals surface area contributed by atoms with Gasteiger partial charge in [0.25, 0.3) is 11.8 Å². The standard InChI is InChI=1S/C26H24N4O2/c1-2-3-14-30-16-18-9-7-11-20(23(18)26(30)32)25(31)27-19-10-6-8-17(15-19)24-28-21-12-4-5-13-22(21)29-24/h4-13,15H,2-3,14,16H2,1H3,(H,27,31)(H,28,29). The van der Waals surface area contributed by atoms with E-state index in [0.717, 1.165) is 40.8 Å². The minimum atomic E-state index is -0.283. The van der Waals surface area contributed by atoms with E-state index in [0.29, 0.717) is 29.9 Å². The topological polar surface area (TPSA) is 78.1 Å². The zero-order chi connectivity index (χ0) is 22.1. The first-order valence-electron chi connectivity index (χ1n) is 10.9. The van der Waals surface area contributed by atoms with Gasteiger partial charge < -0.3 is 15.2 Å². The van der Waals surface area contributed by atoms with Crippen LogP contribution < -0.4 is 5.32 Å². The fraction of sp³-hybridized carbons (Fsp3) is 0.192. The van der Waals surface area contributed by atoms with Gasteiger partial charge in [0, 0.05) is 24.3 Å². The molecule has 5 rings (SSSR count). The molecule has 0 radical (unpaired) electrons. The van der Waals surface area contributed by atoms with Crippen LogP contribution in [0.15, 0.2) is 66.7 Å². The third-order valence-corrected chi connectivity index (χ3v) is 5.82. The first kappa shape index (κ1) is 20.0. The highest BCUT2D eigenvalue weighted by atomic mass is 16.2. The van der Waals surface area contributed by atoms with Crippen molar-refractivity contribution in [2.24, 2.45) is 0 Å². The van der Waals surface area contributed by atoms with Gasteiger partial charge in [-0.15, -0.1) is 0 Å². The lowest BCUT2D eigenvalue weighted by Gasteiger charge is -2.14. The Labute approximate surface area is 186 Å². The molecular weight excluding hydrogens is 400 g/mol. The Morgan fingerprint density at radius 2 is 1.94 bits per heavy atom. The number of carbonyl (C=O) groups excluding carboxylic acids is 2. The number of unbranched alkanes of at least 4 members (excludes halogenated alkanes) is 1. The van der Waals surface area contributed by atoms with Gasteiger partial charge in [-0.1, -0.05) is 49.7 Å². The number of fused-ring (bicyclic) bond motifs is 2. The molecule has 1 aliphatic rings. The second-order valence-electron chi connectivity index (χ2n) is 8.06. The highest BCUT2D eigenvalue weighted by Gasteiger charge is 2.31. The van der Waals surface area contributed by atoms with Crippen molar-refractivity contribution in [2.75, 3.05) is 11.9 Å². The Balaban J connectivity index is 1.40. The molecule has 0 saturated heterocycles. The summed E-state index contributed by atoms with van der Waals surface area (Å²) in [5, 5.41) is 2.96. The molecule has 0 fully saturated rings. The van der Waals surface area contributed by atoms with Crippen LogP contribution in [0.4, 0.5) is 5.69 Å². The van der Waals surface area contributed by atoms with Crippen molar-refractivity contribution in [2.45, 2.75) is 26.3 Å². The van der Waals surface area contributed by atoms with Gasteiger partial charge in [-0.25, -0.2) is 4.98 Å². The molecule has 6 nitrogen and oxygen atoms in total. The second-order valence-corrected chi connectivity index (χ2v) is 8.06. The van der Waals surface area contributed by atoms with Crippen LogP contribution >= 0.6 is 0 Å². The van der Waals surface area contributed by atoms with Crippen LogP contribution in [0.1, 0.15) is 46.0 Å². The molecule has 1 aromatic heterocycles. The van der Waals surface area contributed by atoms with Gasteiger partial charge in [0.1, 0.15) is 5.82 Å². The number of aromatic nitrogens is 2. The summed E-state index contributed by atoms with van der Waals surface area (Å²) >= 11 is 0. The summed E-state index contributed by atoms with van der Waals surface area (Å²) in [6.07, 6.45) is 1.98. The van der Waals surface area contributed by atoms with E-state index in [4.69, 9.17) is 0 Å². The molecule has 2 N–H and O–H groups in total. The fourth-order valence-electron chi connectivity index (χ4n) is 4.17. The molecule has 0 unspecified atom stereocenters. The first-order valence-corrected chi connectivity index (χ1v) is 10.9. The Kier molecular flexibility index (Phi) is 5.19. The van der Waals surface area contributed by atoms with Crippen LogP contribution in [0.25, 0.3) is 22.4 Å². The van der Waals surface area contributed by atoms with E-state index >= 15 is 0 Å². The summed E-state index contributed by atoms with van der Waals surface area (Å²) in [7, 11) is 0. The van der Waals surface area contributed by atoms with Gasteiger partial charge in [-0.2, -0.15) is 0 Å². The van der Waals surface area contributed by atoms with E-state index in [1.165, 1.54) is 0 Å². The second kappa shape index (κ2) is 8.30. The number of carbonyl (C=O) groups is 2. The van der Waals surface area contributed by atoms with E-state index < -0.39 is 0 Å². The third-order valence-electron chi connectivity index (χ3n) is 5.82. The van der Waals surface area contributed by atoms with Crippen molar-refractivity contribution in [3.63, 3.8) is 0 Å². The van der Waals surface area contributed by atoms with Crippen LogP contribution in [-0.4, -0.2) is 33.2 Å². The number of nitrogens with one attached hydrogen (secondary N) is 2. The van der Waals surface area contributed by atoms with Gasteiger partial charge in [0.15, 0.2) is 0 Å². The van der Waals surface area contributed by atoms with E-state index in [1.54, 1.807) is 6.07 Å². The largest absolute Gasteiger partial charge is 0.338 e. The number of rotatable bonds is 6. The van der Waals surface area contributed by atoms with Crippen molar-refractivity contribution in [1.82, 2.24) is 14.9 Å². The maximum atomic E-state index is 13.1. The van der Waals surface area contributed by atoms with Gasteiger partial charge in [0.2, 0.25) is 0 Å². The fourth-order valence-corrected chi connectivity index (χ4v) is 4.17. The Bertz CT molecular complexity index is 1290. The summed E-state index contributed by atoms with van der Waals surface area (Å²) in [6, 6.07) is 20.9. The maximum absolute atomic E-state index is 13.1. The Morgan fingerprint density at radius 1 is 1.09 bits per heavy atom. The number of hydrogen-bond acceptors (Lipinski definition) is 3. The lowest BCUT2D eigenvalue weighted by molar-refractivity contribution is 0.0772. The number of imidazole rings is 1. The highest BCUT2D eigenvalue weighted by molar-refractivity contribution is 6.13. The highest BCUT2D eigenvalue weighted by Crippen LogP contribution is 2.28. The number of amides is 2. The van der Waals surface area contributed by atoms with E-state index in [2.05, 4.69) is 22.2 Å². The zero-order valence-electron chi connectivity index (χ0n) is 17.9. The molecule has 1 aliphatic heterocycles. The van der Waals surface area contributed by atoms with Crippen LogP contribution in [-0.2, 0) is 6.54 Å². The summed E-state index contributed by atoms with van der Waals surface area (Å²) in [5.41, 5.74) is 5.23. The van der Waals surface area contributed by atoms with Crippen molar-refractivity contribution in [3.05, 3.63) is 83.4 Å². The van der Waals surface area contributed by atoms with Gasteiger partial charge in [0.05, 0.1) is 22.2 Å². The molecular formula is C26H24N4O2. The normalized spacial score (nSPS) is 12.9. The van der Waals surface area contributed by atoms with Crippen LogP contribution in [0, 0.1) is 0 Å². The van der Waals surface area contributed by atoms with Crippen molar-refractivity contribution < 1.29 is 9.59 Å². The number of H-pyrrole nitrogens is 1. The van der Waals surface area contributed by atoms with Gasteiger partial charge in [-0.05, 0) is 42.3 Å². The minimum absolute atomic E-state index is 0.0600. The molecule has 0 atom stereocenters. The monoisotopic (exact) mass is 424 g/mol. The zero-order valence-corrected chi connectivity index (χ0v) is 17.9. The average Bonchev–Trinajstić information content (AvgIpc) is 3.39. The van der Waals surface area contributed by atoms with Crippen molar-refractivity contribution in [1.29, 1.82) is 0 Å². The van der Waals surface area contributed by atoms with Gasteiger partial charge >= 0.3 is 0 Å². The quantitative estimate of drug-likeness (QED) is 0.444. The first-order chi connectivity index (χ1) is 15.6. The lowest BCUT2D eigenvalue weighted by Crippen LogP contribution is -2.26. The lowest BCUT2D eigenvalue weighted by atomic mass is 10.0. The van der Waals surface area contributed by atoms with E-state index in [9.17, 15) is 9.59 Å². The molecule has 160 valence electrons. The van der Waals surface area contributed by atoms with Crippen LogP contribution in [0.5, 0.6) is 0 Å². The molecule has 32 heavy (non-hydrogen) atoms. The van der Waals surface area contributed by atoms with E-state index in [1.807, 2.05) is 65.6 Å². The Hall–Kier alpha value is -3.93. The smallest absolute Gasteiger partial charge is 0.256 e. The third kappa shape index (κ3) is 3.64. The molecule has 2 heterocycles. The summed E-state index contributed by atoms with van der Waals surface area (Å²) in [6.45, 7) is 3.38. The summed E-state index contributed by atoms with van der Waals surface area (Å²) in [4.78, 5) is 35.8. The molecule has 0 spiro atoms. The molecule has 6 heteroatoms. The Morgan fingerprint density at radius 3 is 2.78 bits per heavy atom. The molecule has 2 amide bonds. The SMILES string of the molecule is CCCCN1Cc2cccc(C(=O)Nc3cccc(-c4nc5ccccc5[nH]4)c3)c2C1=O. The number of nitrogens with zero attached hydrogens (tertiary/aromatic N) is 2. The predicted molar refractivity (Wildman–Crippen MR) is 126 cm³/mol. The number of hydrogen-bond donors (Lipinski definition) is 2. The summed E-state index contributed by atoms with van der Waals surface area (Å²) < 4.78 is 0. The summed E-state index contributed by atoms with van der Waals surface area (Å²) in [5.74, 6) is 0.397. The molecule has 0 bridgehead atoms. The van der Waals surface area contributed by atoms with Crippen LogP contribution in [0.2, 0.25) is 0 Å². The predicted octanol–water partition coefficient (Wildman–Crippen LogP) is 5.24. The average molecular weight is 425 g/mol. The van der Waals surface area contributed by atoms with Crippen LogP contribution in [0.3, 0.4) is 0 Å². The molecule has 0 saturated carbocycles. The maximum Gasteiger partial charge on any atom is 0.256 e. The number of para-hydroxylation sites is 2. The number of anilines is 1. The van der Waals surface area contributed by atoms with Crippen molar-refractivity contribution >= 4 is 28.5 Å². The minimum Gasteiger partial charge on any atom is -0.338 e. The molecule has 3 aromatic carbocycles. The number of aromatic amines is 1. The van der Waals surface area contributed by atoms with Gasteiger partial charge in [-0.3, -0.25) is 9.59 Å². The van der Waals surface area contributed by atoms with Crippen molar-refractivity contribution in [3.8, 4) is 11.4 Å². The molecule has 0 aliphatic carbocycles.